The zero-order valence-corrected chi connectivity index (χ0v) is 11.6. The predicted octanol–water partition coefficient (Wildman–Crippen LogP) is 4.39. The highest BCUT2D eigenvalue weighted by Crippen LogP contribution is 2.46. The summed E-state index contributed by atoms with van der Waals surface area (Å²) in [5, 5.41) is 10.8. The van der Waals surface area contributed by atoms with Gasteiger partial charge in [0.15, 0.2) is 0 Å². The zero-order chi connectivity index (χ0) is 13.4. The van der Waals surface area contributed by atoms with Crippen molar-refractivity contribution in [3.8, 4) is 0 Å². The van der Waals surface area contributed by atoms with Gasteiger partial charge < -0.3 is 5.11 Å². The van der Waals surface area contributed by atoms with Crippen LogP contribution in [0, 0.1) is 17.8 Å². The van der Waals surface area contributed by atoms with E-state index in [0.717, 1.165) is 25.7 Å². The van der Waals surface area contributed by atoms with Gasteiger partial charge in [0.1, 0.15) is 0 Å². The minimum atomic E-state index is -2.50. The number of hydrogen-bond acceptors (Lipinski definition) is 1. The first-order chi connectivity index (χ1) is 8.32. The lowest BCUT2D eigenvalue weighted by Crippen LogP contribution is -2.45. The normalized spacial score (nSPS) is 44.8. The molecule has 2 aliphatic carbocycles. The molecule has 106 valence electrons. The Kier molecular flexibility index (Phi) is 4.01. The average Bonchev–Trinajstić information content (AvgIpc) is 2.24. The van der Waals surface area contributed by atoms with Gasteiger partial charge in [-0.25, -0.2) is 8.78 Å². The molecule has 0 aromatic heterocycles. The number of hydrogen-bond donors (Lipinski definition) is 1. The first kappa shape index (κ1) is 14.2. The Morgan fingerprint density at radius 3 is 2.44 bits per heavy atom. The Balaban J connectivity index is 1.99. The van der Waals surface area contributed by atoms with E-state index in [4.69, 9.17) is 0 Å². The van der Waals surface area contributed by atoms with Gasteiger partial charge in [-0.2, -0.15) is 0 Å². The maximum Gasteiger partial charge on any atom is 0.248 e. The molecule has 4 atom stereocenters. The number of rotatable bonds is 2. The topological polar surface area (TPSA) is 20.2 Å². The molecule has 4 unspecified atom stereocenters. The molecule has 0 amide bonds. The fraction of sp³-hybridized carbons (Fsp3) is 1.00. The first-order valence-electron chi connectivity index (χ1n) is 7.43. The van der Waals surface area contributed by atoms with Crippen molar-refractivity contribution < 1.29 is 13.9 Å². The third-order valence-corrected chi connectivity index (χ3v) is 5.35. The number of aliphatic hydroxyl groups is 1. The maximum absolute atomic E-state index is 13.4. The van der Waals surface area contributed by atoms with E-state index in [-0.39, 0.29) is 24.7 Å². The van der Waals surface area contributed by atoms with E-state index >= 15 is 0 Å². The standard InChI is InChI=1S/C15H26F2O/c1-11-5-3-7-14(18,12(11)2)9-13-6-4-8-15(16,17)10-13/h11-13,18H,3-10H2,1-2H3. The first-order valence-corrected chi connectivity index (χ1v) is 7.43. The van der Waals surface area contributed by atoms with Crippen molar-refractivity contribution in [1.82, 2.24) is 0 Å². The van der Waals surface area contributed by atoms with Crippen LogP contribution in [0.2, 0.25) is 0 Å². The Labute approximate surface area is 109 Å². The summed E-state index contributed by atoms with van der Waals surface area (Å²) in [6.45, 7) is 4.26. The molecule has 2 rings (SSSR count). The Hall–Kier alpha value is -0.180. The second-order valence-corrected chi connectivity index (χ2v) is 6.78. The van der Waals surface area contributed by atoms with Gasteiger partial charge in [0, 0.05) is 12.8 Å². The molecule has 0 aliphatic heterocycles. The lowest BCUT2D eigenvalue weighted by Gasteiger charge is -2.45. The molecular weight excluding hydrogens is 234 g/mol. The van der Waals surface area contributed by atoms with Gasteiger partial charge in [0.2, 0.25) is 5.92 Å². The lowest BCUT2D eigenvalue weighted by atomic mass is 9.65. The van der Waals surface area contributed by atoms with Gasteiger partial charge in [0.25, 0.3) is 0 Å². The minimum Gasteiger partial charge on any atom is -0.390 e. The molecule has 18 heavy (non-hydrogen) atoms. The van der Waals surface area contributed by atoms with Crippen LogP contribution in [0.3, 0.4) is 0 Å². The monoisotopic (exact) mass is 260 g/mol. The van der Waals surface area contributed by atoms with E-state index < -0.39 is 11.5 Å². The summed E-state index contributed by atoms with van der Waals surface area (Å²) >= 11 is 0. The summed E-state index contributed by atoms with van der Waals surface area (Å²) in [4.78, 5) is 0. The van der Waals surface area contributed by atoms with Crippen LogP contribution >= 0.6 is 0 Å². The minimum absolute atomic E-state index is 0.00602. The quantitative estimate of drug-likeness (QED) is 0.780. The van der Waals surface area contributed by atoms with E-state index in [1.165, 1.54) is 0 Å². The Morgan fingerprint density at radius 1 is 1.11 bits per heavy atom. The zero-order valence-electron chi connectivity index (χ0n) is 11.6. The summed E-state index contributed by atoms with van der Waals surface area (Å²) in [6.07, 6.45) is 5.05. The van der Waals surface area contributed by atoms with Crippen molar-refractivity contribution >= 4 is 0 Å². The van der Waals surface area contributed by atoms with Crippen molar-refractivity contribution in [2.75, 3.05) is 0 Å². The van der Waals surface area contributed by atoms with E-state index in [2.05, 4.69) is 13.8 Å². The van der Waals surface area contributed by atoms with Crippen LogP contribution in [0.15, 0.2) is 0 Å². The van der Waals surface area contributed by atoms with Crippen molar-refractivity contribution in [3.05, 3.63) is 0 Å². The fourth-order valence-electron chi connectivity index (χ4n) is 3.98. The summed E-state index contributed by atoms with van der Waals surface area (Å²) in [5.41, 5.74) is -0.699. The molecule has 1 N–H and O–H groups in total. The fourth-order valence-corrected chi connectivity index (χ4v) is 3.98. The van der Waals surface area contributed by atoms with Gasteiger partial charge in [-0.3, -0.25) is 0 Å². The van der Waals surface area contributed by atoms with Crippen molar-refractivity contribution in [3.63, 3.8) is 0 Å². The van der Waals surface area contributed by atoms with Crippen LogP contribution in [0.25, 0.3) is 0 Å². The Morgan fingerprint density at radius 2 is 1.78 bits per heavy atom. The molecule has 2 fully saturated rings. The van der Waals surface area contributed by atoms with Crippen molar-refractivity contribution in [1.29, 1.82) is 0 Å². The van der Waals surface area contributed by atoms with E-state index in [9.17, 15) is 13.9 Å². The molecule has 0 heterocycles. The molecule has 0 spiro atoms. The summed E-state index contributed by atoms with van der Waals surface area (Å²) < 4.78 is 26.9. The van der Waals surface area contributed by atoms with Crippen molar-refractivity contribution in [2.45, 2.75) is 76.7 Å². The van der Waals surface area contributed by atoms with Gasteiger partial charge in [0.05, 0.1) is 5.60 Å². The van der Waals surface area contributed by atoms with Crippen molar-refractivity contribution in [2.24, 2.45) is 17.8 Å². The predicted molar refractivity (Wildman–Crippen MR) is 68.7 cm³/mol. The van der Waals surface area contributed by atoms with Gasteiger partial charge in [-0.1, -0.05) is 26.7 Å². The summed E-state index contributed by atoms with van der Waals surface area (Å²) in [6, 6.07) is 0. The van der Waals surface area contributed by atoms with Crippen LogP contribution in [-0.2, 0) is 0 Å². The SMILES string of the molecule is CC1CCCC(O)(CC2CCCC(F)(F)C2)C1C. The number of alkyl halides is 2. The van der Waals surface area contributed by atoms with E-state index in [1.807, 2.05) is 0 Å². The number of halogens is 2. The highest BCUT2D eigenvalue weighted by molar-refractivity contribution is 4.94. The van der Waals surface area contributed by atoms with Gasteiger partial charge >= 0.3 is 0 Å². The average molecular weight is 260 g/mol. The highest BCUT2D eigenvalue weighted by atomic mass is 19.3. The second-order valence-electron chi connectivity index (χ2n) is 6.78. The molecule has 2 aliphatic rings. The van der Waals surface area contributed by atoms with Crippen LogP contribution in [0.1, 0.15) is 65.2 Å². The van der Waals surface area contributed by atoms with Crippen LogP contribution < -0.4 is 0 Å². The van der Waals surface area contributed by atoms with E-state index in [1.54, 1.807) is 0 Å². The van der Waals surface area contributed by atoms with E-state index in [0.29, 0.717) is 18.8 Å². The van der Waals surface area contributed by atoms with Crippen LogP contribution in [0.4, 0.5) is 8.78 Å². The maximum atomic E-state index is 13.4. The van der Waals surface area contributed by atoms with Crippen LogP contribution in [0.5, 0.6) is 0 Å². The molecule has 2 saturated carbocycles. The second kappa shape index (κ2) is 5.07. The molecular formula is C15H26F2O. The summed E-state index contributed by atoms with van der Waals surface area (Å²) in [7, 11) is 0. The third kappa shape index (κ3) is 3.04. The summed E-state index contributed by atoms with van der Waals surface area (Å²) in [5.74, 6) is -1.75. The molecule has 3 heteroatoms. The third-order valence-electron chi connectivity index (χ3n) is 5.35. The van der Waals surface area contributed by atoms with Gasteiger partial charge in [-0.05, 0) is 43.4 Å². The van der Waals surface area contributed by atoms with Gasteiger partial charge in [-0.15, -0.1) is 0 Å². The highest BCUT2D eigenvalue weighted by Gasteiger charge is 2.44. The molecule has 0 aromatic rings. The molecule has 1 nitrogen and oxygen atoms in total. The lowest BCUT2D eigenvalue weighted by molar-refractivity contribution is -0.105. The molecule has 0 radical (unpaired) electrons. The smallest absolute Gasteiger partial charge is 0.248 e. The molecule has 0 bridgehead atoms. The molecule has 0 aromatic carbocycles. The Bertz CT molecular complexity index is 292. The van der Waals surface area contributed by atoms with Crippen LogP contribution in [-0.4, -0.2) is 16.6 Å². The molecule has 0 saturated heterocycles. The largest absolute Gasteiger partial charge is 0.390 e.